The second-order valence-corrected chi connectivity index (χ2v) is 6.77. The number of benzene rings is 1. The highest BCUT2D eigenvalue weighted by molar-refractivity contribution is 7.88. The predicted molar refractivity (Wildman–Crippen MR) is 73.7 cm³/mol. The number of hydrogen-bond acceptors (Lipinski definition) is 4. The van der Waals surface area contributed by atoms with Gasteiger partial charge in [0.1, 0.15) is 0 Å². The van der Waals surface area contributed by atoms with Crippen LogP contribution in [0.25, 0.3) is 0 Å². The van der Waals surface area contributed by atoms with Crippen LogP contribution in [0.5, 0.6) is 0 Å². The molecule has 1 aliphatic rings. The van der Waals surface area contributed by atoms with Gasteiger partial charge in [-0.15, -0.1) is 0 Å². The summed E-state index contributed by atoms with van der Waals surface area (Å²) in [6.07, 6.45) is 2.84. The van der Waals surface area contributed by atoms with Gasteiger partial charge in [-0.05, 0) is 30.4 Å². The summed E-state index contributed by atoms with van der Waals surface area (Å²) in [5.41, 5.74) is 14.0. The number of anilines is 2. The minimum atomic E-state index is -3.07. The minimum Gasteiger partial charge on any atom is -0.397 e. The van der Waals surface area contributed by atoms with Crippen LogP contribution in [0.2, 0.25) is 0 Å². The van der Waals surface area contributed by atoms with E-state index in [0.29, 0.717) is 30.4 Å². The molecule has 1 aromatic rings. The van der Waals surface area contributed by atoms with Crippen molar-refractivity contribution >= 4 is 21.4 Å². The van der Waals surface area contributed by atoms with Gasteiger partial charge in [0, 0.05) is 13.1 Å². The van der Waals surface area contributed by atoms with Crippen molar-refractivity contribution < 1.29 is 8.42 Å². The first-order chi connectivity index (χ1) is 8.39. The zero-order valence-electron chi connectivity index (χ0n) is 10.5. The summed E-state index contributed by atoms with van der Waals surface area (Å²) in [6, 6.07) is 5.65. The molecule has 100 valence electrons. The number of nitrogens with zero attached hydrogens (tertiary/aromatic N) is 1. The molecule has 0 bridgehead atoms. The molecule has 1 aromatic carbocycles. The van der Waals surface area contributed by atoms with E-state index in [2.05, 4.69) is 0 Å². The van der Waals surface area contributed by atoms with Crippen molar-refractivity contribution in [2.24, 2.45) is 0 Å². The molecular weight excluding hydrogens is 250 g/mol. The van der Waals surface area contributed by atoms with Gasteiger partial charge in [0.05, 0.1) is 17.6 Å². The van der Waals surface area contributed by atoms with Gasteiger partial charge in [-0.3, -0.25) is 0 Å². The third kappa shape index (κ3) is 2.59. The topological polar surface area (TPSA) is 89.4 Å². The zero-order valence-corrected chi connectivity index (χ0v) is 11.3. The Bertz CT molecular complexity index is 534. The average Bonchev–Trinajstić information content (AvgIpc) is 2.32. The normalized spacial score (nSPS) is 18.9. The summed E-state index contributed by atoms with van der Waals surface area (Å²) < 4.78 is 24.4. The molecule has 1 heterocycles. The standard InChI is InChI=1S/C12H19N3O2S/c1-18(16,17)15-7-5-9(6-8-15)10-3-2-4-11(13)12(10)14/h2-4,9H,5-8,13-14H2,1H3. The Hall–Kier alpha value is -1.27. The Morgan fingerprint density at radius 2 is 1.83 bits per heavy atom. The Labute approximate surface area is 108 Å². The second kappa shape index (κ2) is 4.78. The zero-order chi connectivity index (χ0) is 13.3. The number of nitrogen functional groups attached to an aromatic ring is 2. The number of rotatable bonds is 2. The third-order valence-corrected chi connectivity index (χ3v) is 4.84. The first kappa shape index (κ1) is 13.2. The molecule has 18 heavy (non-hydrogen) atoms. The number of nitrogens with two attached hydrogens (primary N) is 2. The van der Waals surface area contributed by atoms with Crippen LogP contribution in [0.3, 0.4) is 0 Å². The van der Waals surface area contributed by atoms with Crippen LogP contribution in [0.4, 0.5) is 11.4 Å². The molecule has 1 aliphatic heterocycles. The Morgan fingerprint density at radius 3 is 2.39 bits per heavy atom. The van der Waals surface area contributed by atoms with Crippen molar-refractivity contribution in [2.75, 3.05) is 30.8 Å². The van der Waals surface area contributed by atoms with Gasteiger partial charge in [-0.1, -0.05) is 12.1 Å². The van der Waals surface area contributed by atoms with Crippen LogP contribution in [-0.4, -0.2) is 32.1 Å². The molecule has 0 amide bonds. The lowest BCUT2D eigenvalue weighted by molar-refractivity contribution is 0.322. The number of sulfonamides is 1. The van der Waals surface area contributed by atoms with Gasteiger partial charge in [0.2, 0.25) is 10.0 Å². The quantitative estimate of drug-likeness (QED) is 0.783. The molecule has 1 saturated heterocycles. The van der Waals surface area contributed by atoms with E-state index in [-0.39, 0.29) is 0 Å². The maximum absolute atomic E-state index is 11.4. The fraction of sp³-hybridized carbons (Fsp3) is 0.500. The molecule has 0 unspecified atom stereocenters. The van der Waals surface area contributed by atoms with Crippen LogP contribution in [-0.2, 0) is 10.0 Å². The van der Waals surface area contributed by atoms with Crippen molar-refractivity contribution in [3.63, 3.8) is 0 Å². The van der Waals surface area contributed by atoms with Gasteiger partial charge in [0.25, 0.3) is 0 Å². The van der Waals surface area contributed by atoms with E-state index in [0.717, 1.165) is 18.4 Å². The van der Waals surface area contributed by atoms with Gasteiger partial charge in [-0.25, -0.2) is 12.7 Å². The summed E-state index contributed by atoms with van der Waals surface area (Å²) in [5.74, 6) is 0.298. The highest BCUT2D eigenvalue weighted by atomic mass is 32.2. The highest BCUT2D eigenvalue weighted by Crippen LogP contribution is 2.34. The number of hydrogen-bond donors (Lipinski definition) is 2. The van der Waals surface area contributed by atoms with E-state index in [1.54, 1.807) is 6.07 Å². The van der Waals surface area contributed by atoms with Crippen molar-refractivity contribution in [1.29, 1.82) is 0 Å². The van der Waals surface area contributed by atoms with Crippen LogP contribution >= 0.6 is 0 Å². The summed E-state index contributed by atoms with van der Waals surface area (Å²) in [7, 11) is -3.07. The van der Waals surface area contributed by atoms with E-state index in [9.17, 15) is 8.42 Å². The van der Waals surface area contributed by atoms with Crippen molar-refractivity contribution in [3.8, 4) is 0 Å². The molecule has 0 atom stereocenters. The van der Waals surface area contributed by atoms with Gasteiger partial charge in [-0.2, -0.15) is 0 Å². The molecule has 0 radical (unpaired) electrons. The largest absolute Gasteiger partial charge is 0.397 e. The van der Waals surface area contributed by atoms with Crippen molar-refractivity contribution in [3.05, 3.63) is 23.8 Å². The molecule has 2 rings (SSSR count). The number of piperidine rings is 1. The first-order valence-electron chi connectivity index (χ1n) is 5.98. The van der Waals surface area contributed by atoms with Crippen LogP contribution in [0.1, 0.15) is 24.3 Å². The maximum Gasteiger partial charge on any atom is 0.211 e. The van der Waals surface area contributed by atoms with Crippen LogP contribution < -0.4 is 11.5 Å². The van der Waals surface area contributed by atoms with E-state index >= 15 is 0 Å². The molecule has 0 saturated carbocycles. The predicted octanol–water partition coefficient (Wildman–Crippen LogP) is 0.990. The monoisotopic (exact) mass is 269 g/mol. The van der Waals surface area contributed by atoms with E-state index < -0.39 is 10.0 Å². The summed E-state index contributed by atoms with van der Waals surface area (Å²) in [5, 5.41) is 0. The molecule has 5 nitrogen and oxygen atoms in total. The second-order valence-electron chi connectivity index (χ2n) is 4.79. The van der Waals surface area contributed by atoms with E-state index in [1.807, 2.05) is 12.1 Å². The molecule has 0 aliphatic carbocycles. The Balaban J connectivity index is 2.13. The highest BCUT2D eigenvalue weighted by Gasteiger charge is 2.26. The summed E-state index contributed by atoms with van der Waals surface area (Å²) in [6.45, 7) is 1.11. The molecular formula is C12H19N3O2S. The molecule has 0 spiro atoms. The lowest BCUT2D eigenvalue weighted by Crippen LogP contribution is -2.37. The van der Waals surface area contributed by atoms with Gasteiger partial charge in [0.15, 0.2) is 0 Å². The fourth-order valence-electron chi connectivity index (χ4n) is 2.46. The van der Waals surface area contributed by atoms with E-state index in [4.69, 9.17) is 11.5 Å². The Kier molecular flexibility index (Phi) is 3.49. The smallest absolute Gasteiger partial charge is 0.211 e. The summed E-state index contributed by atoms with van der Waals surface area (Å²) >= 11 is 0. The molecule has 0 aromatic heterocycles. The fourth-order valence-corrected chi connectivity index (χ4v) is 3.33. The molecule has 1 fully saturated rings. The lowest BCUT2D eigenvalue weighted by Gasteiger charge is -2.31. The average molecular weight is 269 g/mol. The minimum absolute atomic E-state index is 0.298. The van der Waals surface area contributed by atoms with Crippen molar-refractivity contribution in [1.82, 2.24) is 4.31 Å². The third-order valence-electron chi connectivity index (χ3n) is 3.54. The SMILES string of the molecule is CS(=O)(=O)N1CCC(c2cccc(N)c2N)CC1. The Morgan fingerprint density at radius 1 is 1.22 bits per heavy atom. The summed E-state index contributed by atoms with van der Waals surface area (Å²) in [4.78, 5) is 0. The number of para-hydroxylation sites is 1. The van der Waals surface area contributed by atoms with Crippen molar-refractivity contribution in [2.45, 2.75) is 18.8 Å². The molecule has 6 heteroatoms. The lowest BCUT2D eigenvalue weighted by atomic mass is 9.89. The molecule has 4 N–H and O–H groups in total. The first-order valence-corrected chi connectivity index (χ1v) is 7.83. The maximum atomic E-state index is 11.4. The van der Waals surface area contributed by atoms with Gasteiger partial charge < -0.3 is 11.5 Å². The van der Waals surface area contributed by atoms with E-state index in [1.165, 1.54) is 10.6 Å². The van der Waals surface area contributed by atoms with Crippen LogP contribution in [0.15, 0.2) is 18.2 Å². The van der Waals surface area contributed by atoms with Gasteiger partial charge >= 0.3 is 0 Å². The van der Waals surface area contributed by atoms with Crippen LogP contribution in [0, 0.1) is 0 Å².